The largest absolute Gasteiger partial charge is 0.299 e. The van der Waals surface area contributed by atoms with Crippen LogP contribution in [0, 0.1) is 29.4 Å². The van der Waals surface area contributed by atoms with Crippen LogP contribution in [0.4, 0.5) is 8.78 Å². The zero-order valence-corrected chi connectivity index (χ0v) is 11.5. The summed E-state index contributed by atoms with van der Waals surface area (Å²) < 4.78 is 26.7. The number of carbonyl (C=O) groups excluding carboxylic acids is 1. The van der Waals surface area contributed by atoms with Gasteiger partial charge in [-0.2, -0.15) is 0 Å². The number of rotatable bonds is 3. The molecule has 0 spiro atoms. The second kappa shape index (κ2) is 5.81. The maximum Gasteiger partial charge on any atom is 0.162 e. The van der Waals surface area contributed by atoms with Gasteiger partial charge in [0.1, 0.15) is 5.78 Å². The van der Waals surface area contributed by atoms with Crippen LogP contribution in [0.25, 0.3) is 0 Å². The highest BCUT2D eigenvalue weighted by atomic mass is 19.2. The molecule has 2 atom stereocenters. The van der Waals surface area contributed by atoms with E-state index in [1.54, 1.807) is 0 Å². The van der Waals surface area contributed by atoms with Gasteiger partial charge >= 0.3 is 0 Å². The molecule has 2 rings (SSSR count). The van der Waals surface area contributed by atoms with E-state index in [4.69, 9.17) is 0 Å². The summed E-state index contributed by atoms with van der Waals surface area (Å²) >= 11 is 0. The van der Waals surface area contributed by atoms with Gasteiger partial charge in [0.15, 0.2) is 11.6 Å². The van der Waals surface area contributed by atoms with Gasteiger partial charge in [-0.1, -0.05) is 26.0 Å². The Labute approximate surface area is 113 Å². The van der Waals surface area contributed by atoms with E-state index >= 15 is 0 Å². The lowest BCUT2D eigenvalue weighted by Gasteiger charge is -2.30. The number of halogens is 2. The zero-order valence-electron chi connectivity index (χ0n) is 11.5. The molecular weight excluding hydrogens is 246 g/mol. The van der Waals surface area contributed by atoms with E-state index in [1.807, 2.05) is 0 Å². The van der Waals surface area contributed by atoms with Crippen molar-refractivity contribution in [1.29, 1.82) is 0 Å². The van der Waals surface area contributed by atoms with Crippen LogP contribution < -0.4 is 0 Å². The van der Waals surface area contributed by atoms with Gasteiger partial charge in [-0.3, -0.25) is 4.79 Å². The molecule has 0 aromatic heterocycles. The first-order valence-corrected chi connectivity index (χ1v) is 6.93. The normalized spacial score (nSPS) is 27.3. The standard InChI is InChI=1S/C16H20F2O/c1-10-6-11(2)8-13(7-10)15(19)9-12-4-3-5-14(17)16(12)18/h3-5,10-11,13H,6-9H2,1-2H3. The maximum absolute atomic E-state index is 13.6. The summed E-state index contributed by atoms with van der Waals surface area (Å²) in [4.78, 5) is 12.2. The first-order valence-electron chi connectivity index (χ1n) is 6.93. The molecule has 1 saturated carbocycles. The molecular formula is C16H20F2O. The summed E-state index contributed by atoms with van der Waals surface area (Å²) in [6.45, 7) is 4.30. The van der Waals surface area contributed by atoms with Crippen molar-refractivity contribution in [2.45, 2.75) is 39.5 Å². The third-order valence-corrected chi connectivity index (χ3v) is 4.03. The van der Waals surface area contributed by atoms with Crippen LogP contribution >= 0.6 is 0 Å². The first-order chi connectivity index (χ1) is 8.97. The van der Waals surface area contributed by atoms with Crippen molar-refractivity contribution in [3.63, 3.8) is 0 Å². The minimum absolute atomic E-state index is 0.00131. The highest BCUT2D eigenvalue weighted by Gasteiger charge is 2.29. The van der Waals surface area contributed by atoms with Crippen LogP contribution in [0.5, 0.6) is 0 Å². The van der Waals surface area contributed by atoms with Crippen molar-refractivity contribution >= 4 is 5.78 Å². The summed E-state index contributed by atoms with van der Waals surface area (Å²) in [7, 11) is 0. The predicted octanol–water partition coefficient (Wildman–Crippen LogP) is 4.15. The van der Waals surface area contributed by atoms with E-state index in [2.05, 4.69) is 13.8 Å². The molecule has 1 aromatic carbocycles. The van der Waals surface area contributed by atoms with E-state index in [9.17, 15) is 13.6 Å². The van der Waals surface area contributed by atoms with Crippen LogP contribution in [0.15, 0.2) is 18.2 Å². The number of hydrogen-bond acceptors (Lipinski definition) is 1. The lowest BCUT2D eigenvalue weighted by Crippen LogP contribution is -2.27. The minimum Gasteiger partial charge on any atom is -0.299 e. The van der Waals surface area contributed by atoms with Gasteiger partial charge < -0.3 is 0 Å². The average Bonchev–Trinajstić information content (AvgIpc) is 2.33. The maximum atomic E-state index is 13.6. The number of hydrogen-bond donors (Lipinski definition) is 0. The van der Waals surface area contributed by atoms with Gasteiger partial charge in [0.25, 0.3) is 0 Å². The van der Waals surface area contributed by atoms with Crippen LogP contribution in [0.1, 0.15) is 38.7 Å². The SMILES string of the molecule is CC1CC(C)CC(C(=O)Cc2cccc(F)c2F)C1. The summed E-state index contributed by atoms with van der Waals surface area (Å²) in [5.41, 5.74) is 0.177. The molecule has 2 unspecified atom stereocenters. The fourth-order valence-corrected chi connectivity index (χ4v) is 3.23. The fraction of sp³-hybridized carbons (Fsp3) is 0.562. The summed E-state index contributed by atoms with van der Waals surface area (Å²) in [5.74, 6) is -0.641. The molecule has 1 fully saturated rings. The van der Waals surface area contributed by atoms with Crippen LogP contribution in [0.3, 0.4) is 0 Å². The van der Waals surface area contributed by atoms with Crippen molar-refractivity contribution in [3.8, 4) is 0 Å². The van der Waals surface area contributed by atoms with E-state index in [0.717, 1.165) is 25.3 Å². The predicted molar refractivity (Wildman–Crippen MR) is 70.7 cm³/mol. The Morgan fingerprint density at radius 1 is 1.16 bits per heavy atom. The molecule has 1 aliphatic rings. The van der Waals surface area contributed by atoms with Crippen LogP contribution in [-0.4, -0.2) is 5.78 Å². The number of benzene rings is 1. The van der Waals surface area contributed by atoms with E-state index < -0.39 is 11.6 Å². The molecule has 0 amide bonds. The summed E-state index contributed by atoms with van der Waals surface area (Å²) in [6.07, 6.45) is 2.91. The topological polar surface area (TPSA) is 17.1 Å². The van der Waals surface area contributed by atoms with Gasteiger partial charge in [-0.25, -0.2) is 8.78 Å². The second-order valence-electron chi connectivity index (χ2n) is 5.97. The molecule has 3 heteroatoms. The second-order valence-corrected chi connectivity index (χ2v) is 5.97. The highest BCUT2D eigenvalue weighted by Crippen LogP contribution is 2.34. The molecule has 0 N–H and O–H groups in total. The average molecular weight is 266 g/mol. The summed E-state index contributed by atoms with van der Waals surface area (Å²) in [5, 5.41) is 0. The molecule has 1 aromatic rings. The smallest absolute Gasteiger partial charge is 0.162 e. The number of carbonyl (C=O) groups is 1. The van der Waals surface area contributed by atoms with Crippen LogP contribution in [-0.2, 0) is 11.2 Å². The Morgan fingerprint density at radius 2 is 1.79 bits per heavy atom. The van der Waals surface area contributed by atoms with Gasteiger partial charge in [0.2, 0.25) is 0 Å². The van der Waals surface area contributed by atoms with Crippen LogP contribution in [0.2, 0.25) is 0 Å². The number of Topliss-reactive ketones (excluding diaryl/α,β-unsaturated/α-hetero) is 1. The van der Waals surface area contributed by atoms with E-state index in [-0.39, 0.29) is 23.7 Å². The van der Waals surface area contributed by atoms with Crippen molar-refractivity contribution in [2.24, 2.45) is 17.8 Å². The Hall–Kier alpha value is -1.25. The summed E-state index contributed by atoms with van der Waals surface area (Å²) in [6, 6.07) is 4.02. The quantitative estimate of drug-likeness (QED) is 0.803. The van der Waals surface area contributed by atoms with Crippen molar-refractivity contribution < 1.29 is 13.6 Å². The molecule has 0 saturated heterocycles. The monoisotopic (exact) mass is 266 g/mol. The molecule has 19 heavy (non-hydrogen) atoms. The lowest BCUT2D eigenvalue weighted by molar-refractivity contribution is -0.124. The van der Waals surface area contributed by atoms with Gasteiger partial charge in [-0.15, -0.1) is 0 Å². The molecule has 104 valence electrons. The van der Waals surface area contributed by atoms with Gasteiger partial charge in [-0.05, 0) is 42.7 Å². The Morgan fingerprint density at radius 3 is 2.42 bits per heavy atom. The van der Waals surface area contributed by atoms with Crippen molar-refractivity contribution in [1.82, 2.24) is 0 Å². The molecule has 1 nitrogen and oxygen atoms in total. The first kappa shape index (κ1) is 14.2. The van der Waals surface area contributed by atoms with Crippen molar-refractivity contribution in [3.05, 3.63) is 35.4 Å². The third kappa shape index (κ3) is 3.40. The molecule has 0 heterocycles. The van der Waals surface area contributed by atoms with Gasteiger partial charge in [0.05, 0.1) is 0 Å². The fourth-order valence-electron chi connectivity index (χ4n) is 3.23. The lowest BCUT2D eigenvalue weighted by atomic mass is 9.74. The molecule has 0 radical (unpaired) electrons. The molecule has 1 aliphatic carbocycles. The minimum atomic E-state index is -0.882. The van der Waals surface area contributed by atoms with E-state index in [1.165, 1.54) is 12.1 Å². The van der Waals surface area contributed by atoms with Gasteiger partial charge in [0, 0.05) is 12.3 Å². The third-order valence-electron chi connectivity index (χ3n) is 4.03. The Balaban J connectivity index is 2.06. The van der Waals surface area contributed by atoms with E-state index in [0.29, 0.717) is 11.8 Å². The number of ketones is 1. The Bertz CT molecular complexity index is 460. The molecule has 0 aliphatic heterocycles. The highest BCUT2D eigenvalue weighted by molar-refractivity contribution is 5.83. The Kier molecular flexibility index (Phi) is 4.33. The molecule has 0 bridgehead atoms. The van der Waals surface area contributed by atoms with Crippen molar-refractivity contribution in [2.75, 3.05) is 0 Å². The zero-order chi connectivity index (χ0) is 14.0.